The molecule has 1 aliphatic rings. The van der Waals surface area contributed by atoms with Gasteiger partial charge < -0.3 is 14.9 Å². The summed E-state index contributed by atoms with van der Waals surface area (Å²) in [6.07, 6.45) is 1.42. The standard InChI is InChI=1S/C17H23FN2O3/c1-12(2)22-9-3-8-19-17(21)16-11-15(20-23-16)10-13-4-6-14(18)7-5-13/h4-7,12,16H,3,8-11H2,1-2H3,(H,19,21). The number of nitrogens with one attached hydrogen (secondary N) is 1. The van der Waals surface area contributed by atoms with E-state index in [2.05, 4.69) is 10.5 Å². The van der Waals surface area contributed by atoms with Gasteiger partial charge in [0.1, 0.15) is 5.82 Å². The summed E-state index contributed by atoms with van der Waals surface area (Å²) >= 11 is 0. The Morgan fingerprint density at radius 3 is 2.87 bits per heavy atom. The average molecular weight is 322 g/mol. The second kappa shape index (κ2) is 8.62. The summed E-state index contributed by atoms with van der Waals surface area (Å²) in [4.78, 5) is 17.2. The van der Waals surface area contributed by atoms with Crippen molar-refractivity contribution >= 4 is 11.6 Å². The smallest absolute Gasteiger partial charge is 0.264 e. The topological polar surface area (TPSA) is 59.9 Å². The zero-order chi connectivity index (χ0) is 16.7. The van der Waals surface area contributed by atoms with Gasteiger partial charge in [-0.1, -0.05) is 17.3 Å². The lowest BCUT2D eigenvalue weighted by Gasteiger charge is -2.10. The molecule has 0 saturated carbocycles. The van der Waals surface area contributed by atoms with E-state index in [0.29, 0.717) is 26.0 Å². The molecule has 1 heterocycles. The van der Waals surface area contributed by atoms with Gasteiger partial charge >= 0.3 is 0 Å². The van der Waals surface area contributed by atoms with E-state index in [-0.39, 0.29) is 17.8 Å². The molecule has 23 heavy (non-hydrogen) atoms. The minimum absolute atomic E-state index is 0.160. The van der Waals surface area contributed by atoms with Gasteiger partial charge in [0.25, 0.3) is 5.91 Å². The third kappa shape index (κ3) is 5.98. The van der Waals surface area contributed by atoms with Gasteiger partial charge in [0.15, 0.2) is 0 Å². The Balaban J connectivity index is 1.67. The first-order valence-electron chi connectivity index (χ1n) is 7.90. The highest BCUT2D eigenvalue weighted by atomic mass is 19.1. The van der Waals surface area contributed by atoms with Gasteiger partial charge in [-0.3, -0.25) is 4.79 Å². The number of carbonyl (C=O) groups excluding carboxylic acids is 1. The first-order valence-corrected chi connectivity index (χ1v) is 7.90. The number of carbonyl (C=O) groups is 1. The predicted molar refractivity (Wildman–Crippen MR) is 85.7 cm³/mol. The van der Waals surface area contributed by atoms with E-state index in [1.807, 2.05) is 13.8 Å². The molecule has 0 aromatic heterocycles. The maximum absolute atomic E-state index is 12.9. The van der Waals surface area contributed by atoms with Crippen LogP contribution in [0.5, 0.6) is 0 Å². The second-order valence-electron chi connectivity index (χ2n) is 5.82. The largest absolute Gasteiger partial charge is 0.382 e. The molecule has 2 rings (SSSR count). The Kier molecular flexibility index (Phi) is 6.52. The van der Waals surface area contributed by atoms with Crippen molar-refractivity contribution in [3.05, 3.63) is 35.6 Å². The molecule has 0 fully saturated rings. The molecule has 126 valence electrons. The maximum atomic E-state index is 12.9. The summed E-state index contributed by atoms with van der Waals surface area (Å²) in [6.45, 7) is 5.13. The monoisotopic (exact) mass is 322 g/mol. The number of amides is 1. The van der Waals surface area contributed by atoms with Gasteiger partial charge in [0.2, 0.25) is 6.10 Å². The third-order valence-electron chi connectivity index (χ3n) is 3.42. The Morgan fingerprint density at radius 2 is 2.17 bits per heavy atom. The van der Waals surface area contributed by atoms with Crippen LogP contribution in [0.1, 0.15) is 32.3 Å². The Morgan fingerprint density at radius 1 is 1.43 bits per heavy atom. The SMILES string of the molecule is CC(C)OCCCNC(=O)C1CC(Cc2ccc(F)cc2)=NO1. The van der Waals surface area contributed by atoms with Crippen LogP contribution in [0.3, 0.4) is 0 Å². The molecular weight excluding hydrogens is 299 g/mol. The van der Waals surface area contributed by atoms with Gasteiger partial charge in [0, 0.05) is 26.0 Å². The fraction of sp³-hybridized carbons (Fsp3) is 0.529. The van der Waals surface area contributed by atoms with Gasteiger partial charge in [-0.05, 0) is 38.0 Å². The number of nitrogens with zero attached hydrogens (tertiary/aromatic N) is 1. The van der Waals surface area contributed by atoms with E-state index in [9.17, 15) is 9.18 Å². The van der Waals surface area contributed by atoms with Gasteiger partial charge in [-0.25, -0.2) is 4.39 Å². The summed E-state index contributed by atoms with van der Waals surface area (Å²) < 4.78 is 18.3. The molecule has 1 amide bonds. The molecule has 1 unspecified atom stereocenters. The summed E-state index contributed by atoms with van der Waals surface area (Å²) in [5.41, 5.74) is 1.74. The molecule has 0 spiro atoms. The van der Waals surface area contributed by atoms with Crippen LogP contribution in [0.15, 0.2) is 29.4 Å². The van der Waals surface area contributed by atoms with Crippen LogP contribution in [0.4, 0.5) is 4.39 Å². The molecule has 1 N–H and O–H groups in total. The lowest BCUT2D eigenvalue weighted by Crippen LogP contribution is -2.35. The lowest BCUT2D eigenvalue weighted by atomic mass is 10.0. The molecule has 0 radical (unpaired) electrons. The quantitative estimate of drug-likeness (QED) is 0.748. The molecule has 6 heteroatoms. The van der Waals surface area contributed by atoms with Crippen molar-refractivity contribution in [1.82, 2.24) is 5.32 Å². The molecule has 0 aliphatic carbocycles. The second-order valence-corrected chi connectivity index (χ2v) is 5.82. The fourth-order valence-electron chi connectivity index (χ4n) is 2.23. The zero-order valence-corrected chi connectivity index (χ0v) is 13.5. The lowest BCUT2D eigenvalue weighted by molar-refractivity contribution is -0.131. The van der Waals surface area contributed by atoms with E-state index >= 15 is 0 Å². The van der Waals surface area contributed by atoms with E-state index in [1.54, 1.807) is 12.1 Å². The summed E-state index contributed by atoms with van der Waals surface area (Å²) in [7, 11) is 0. The number of ether oxygens (including phenoxy) is 1. The predicted octanol–water partition coefficient (Wildman–Crippen LogP) is 2.44. The van der Waals surface area contributed by atoms with E-state index in [0.717, 1.165) is 17.7 Å². The Bertz CT molecular complexity index is 543. The molecule has 1 aliphatic heterocycles. The Labute approximate surface area is 135 Å². The van der Waals surface area contributed by atoms with Crippen molar-refractivity contribution in [3.8, 4) is 0 Å². The molecule has 1 aromatic rings. The summed E-state index contributed by atoms with van der Waals surface area (Å²) in [6, 6.07) is 6.24. The first-order chi connectivity index (χ1) is 11.0. The number of hydrogen-bond donors (Lipinski definition) is 1. The Hall–Kier alpha value is -1.95. The molecule has 1 atom stereocenters. The minimum atomic E-state index is -0.573. The summed E-state index contributed by atoms with van der Waals surface area (Å²) in [5, 5.41) is 6.78. The van der Waals surface area contributed by atoms with Crippen molar-refractivity contribution < 1.29 is 18.8 Å². The van der Waals surface area contributed by atoms with Crippen LogP contribution in [-0.4, -0.2) is 37.0 Å². The van der Waals surface area contributed by atoms with Crippen molar-refractivity contribution in [1.29, 1.82) is 0 Å². The highest BCUT2D eigenvalue weighted by Gasteiger charge is 2.27. The van der Waals surface area contributed by atoms with Gasteiger partial charge in [-0.2, -0.15) is 0 Å². The zero-order valence-electron chi connectivity index (χ0n) is 13.5. The van der Waals surface area contributed by atoms with E-state index in [4.69, 9.17) is 9.57 Å². The van der Waals surface area contributed by atoms with Gasteiger partial charge in [0.05, 0.1) is 11.8 Å². The van der Waals surface area contributed by atoms with Crippen LogP contribution in [-0.2, 0) is 20.8 Å². The van der Waals surface area contributed by atoms with Gasteiger partial charge in [-0.15, -0.1) is 0 Å². The number of rotatable bonds is 8. The number of halogens is 1. The molecule has 1 aromatic carbocycles. The minimum Gasteiger partial charge on any atom is -0.382 e. The number of oxime groups is 1. The normalized spacial score (nSPS) is 17.0. The third-order valence-corrected chi connectivity index (χ3v) is 3.42. The van der Waals surface area contributed by atoms with E-state index < -0.39 is 6.10 Å². The summed E-state index contributed by atoms with van der Waals surface area (Å²) in [5.74, 6) is -0.426. The van der Waals surface area contributed by atoms with Crippen molar-refractivity contribution in [3.63, 3.8) is 0 Å². The average Bonchev–Trinajstić information content (AvgIpc) is 2.97. The fourth-order valence-corrected chi connectivity index (χ4v) is 2.23. The maximum Gasteiger partial charge on any atom is 0.264 e. The van der Waals surface area contributed by atoms with Crippen LogP contribution < -0.4 is 5.32 Å². The molecule has 0 saturated heterocycles. The van der Waals surface area contributed by atoms with Crippen molar-refractivity contribution in [2.45, 2.75) is 45.3 Å². The number of hydrogen-bond acceptors (Lipinski definition) is 4. The van der Waals surface area contributed by atoms with Crippen molar-refractivity contribution in [2.75, 3.05) is 13.2 Å². The number of benzene rings is 1. The molecule has 5 nitrogen and oxygen atoms in total. The van der Waals surface area contributed by atoms with Crippen LogP contribution in [0.25, 0.3) is 0 Å². The highest BCUT2D eigenvalue weighted by molar-refractivity contribution is 5.93. The molecular formula is C17H23FN2O3. The van der Waals surface area contributed by atoms with Crippen LogP contribution in [0, 0.1) is 5.82 Å². The van der Waals surface area contributed by atoms with E-state index in [1.165, 1.54) is 12.1 Å². The molecule has 0 bridgehead atoms. The van der Waals surface area contributed by atoms with Crippen molar-refractivity contribution in [2.24, 2.45) is 5.16 Å². The van der Waals surface area contributed by atoms with Crippen LogP contribution >= 0.6 is 0 Å². The first kappa shape index (κ1) is 17.4. The highest BCUT2D eigenvalue weighted by Crippen LogP contribution is 2.15. The van der Waals surface area contributed by atoms with Crippen LogP contribution in [0.2, 0.25) is 0 Å².